The van der Waals surface area contributed by atoms with Crippen molar-refractivity contribution in [2.24, 2.45) is 0 Å². The maximum Gasteiger partial charge on any atom is 0.131 e. The van der Waals surface area contributed by atoms with Crippen LogP contribution in [0.15, 0.2) is 78.9 Å². The summed E-state index contributed by atoms with van der Waals surface area (Å²) in [4.78, 5) is 0. The minimum atomic E-state index is 0.228. The van der Waals surface area contributed by atoms with Gasteiger partial charge in [0.1, 0.15) is 18.1 Å². The molecule has 2 heteroatoms. The lowest BCUT2D eigenvalue weighted by Crippen LogP contribution is -1.97. The van der Waals surface area contributed by atoms with E-state index in [1.807, 2.05) is 66.7 Å². The Bertz CT molecular complexity index is 706. The standard InChI is InChI=1S/C19H16O2/c20-17-12-7-13-18(19(17)16-10-5-2-6-11-16)21-14-15-8-3-1-4-9-15/h1-13,20H,14H2. The highest BCUT2D eigenvalue weighted by molar-refractivity contribution is 5.76. The van der Waals surface area contributed by atoms with Crippen molar-refractivity contribution in [2.75, 3.05) is 0 Å². The summed E-state index contributed by atoms with van der Waals surface area (Å²) in [5.41, 5.74) is 2.77. The van der Waals surface area contributed by atoms with Crippen LogP contribution in [0.4, 0.5) is 0 Å². The van der Waals surface area contributed by atoms with E-state index in [0.717, 1.165) is 16.7 Å². The first kappa shape index (κ1) is 13.3. The molecule has 0 amide bonds. The second kappa shape index (κ2) is 6.14. The van der Waals surface area contributed by atoms with Gasteiger partial charge in [-0.2, -0.15) is 0 Å². The van der Waals surface area contributed by atoms with Crippen molar-refractivity contribution in [2.45, 2.75) is 6.61 Å². The molecule has 2 nitrogen and oxygen atoms in total. The minimum Gasteiger partial charge on any atom is -0.507 e. The van der Waals surface area contributed by atoms with Crippen LogP contribution >= 0.6 is 0 Å². The smallest absolute Gasteiger partial charge is 0.131 e. The first-order valence-electron chi connectivity index (χ1n) is 6.89. The number of aromatic hydroxyl groups is 1. The molecule has 104 valence electrons. The van der Waals surface area contributed by atoms with Crippen LogP contribution in [0.3, 0.4) is 0 Å². The highest BCUT2D eigenvalue weighted by Crippen LogP contribution is 2.37. The summed E-state index contributed by atoms with van der Waals surface area (Å²) in [6, 6.07) is 25.1. The van der Waals surface area contributed by atoms with Crippen molar-refractivity contribution in [3.8, 4) is 22.6 Å². The third-order valence-electron chi connectivity index (χ3n) is 3.30. The Morgan fingerprint density at radius 2 is 1.38 bits per heavy atom. The largest absolute Gasteiger partial charge is 0.507 e. The van der Waals surface area contributed by atoms with Gasteiger partial charge in [0.15, 0.2) is 0 Å². The highest BCUT2D eigenvalue weighted by atomic mass is 16.5. The normalized spacial score (nSPS) is 10.3. The predicted molar refractivity (Wildman–Crippen MR) is 84.3 cm³/mol. The summed E-state index contributed by atoms with van der Waals surface area (Å²) < 4.78 is 5.90. The van der Waals surface area contributed by atoms with Crippen molar-refractivity contribution >= 4 is 0 Å². The highest BCUT2D eigenvalue weighted by Gasteiger charge is 2.11. The number of hydrogen-bond acceptors (Lipinski definition) is 2. The van der Waals surface area contributed by atoms with Gasteiger partial charge in [0, 0.05) is 0 Å². The van der Waals surface area contributed by atoms with E-state index < -0.39 is 0 Å². The fourth-order valence-electron chi connectivity index (χ4n) is 2.27. The van der Waals surface area contributed by atoms with Crippen molar-refractivity contribution in [3.63, 3.8) is 0 Å². The summed E-state index contributed by atoms with van der Waals surface area (Å²) in [6.07, 6.45) is 0. The van der Waals surface area contributed by atoms with Gasteiger partial charge in [-0.15, -0.1) is 0 Å². The molecule has 0 spiro atoms. The summed E-state index contributed by atoms with van der Waals surface area (Å²) in [6.45, 7) is 0.476. The first-order valence-corrected chi connectivity index (χ1v) is 6.89. The SMILES string of the molecule is Oc1cccc(OCc2ccccc2)c1-c1ccccc1. The maximum absolute atomic E-state index is 10.2. The lowest BCUT2D eigenvalue weighted by Gasteiger charge is -2.13. The average Bonchev–Trinajstić information content (AvgIpc) is 2.55. The molecular formula is C19H16O2. The monoisotopic (exact) mass is 276 g/mol. The van der Waals surface area contributed by atoms with Crippen molar-refractivity contribution in [1.29, 1.82) is 0 Å². The quantitative estimate of drug-likeness (QED) is 0.752. The molecule has 0 saturated heterocycles. The summed E-state index contributed by atoms with van der Waals surface area (Å²) in [5, 5.41) is 10.2. The van der Waals surface area contributed by atoms with Crippen molar-refractivity contribution < 1.29 is 9.84 Å². The number of rotatable bonds is 4. The molecule has 0 bridgehead atoms. The summed E-state index contributed by atoms with van der Waals surface area (Å²) in [5.74, 6) is 0.914. The molecule has 0 heterocycles. The molecule has 0 aliphatic heterocycles. The lowest BCUT2D eigenvalue weighted by molar-refractivity contribution is 0.306. The predicted octanol–water partition coefficient (Wildman–Crippen LogP) is 4.64. The van der Waals surface area contributed by atoms with Crippen molar-refractivity contribution in [1.82, 2.24) is 0 Å². The van der Waals surface area contributed by atoms with Crippen LogP contribution in [0, 0.1) is 0 Å². The van der Waals surface area contributed by atoms with Gasteiger partial charge in [-0.05, 0) is 23.3 Å². The van der Waals surface area contributed by atoms with E-state index in [9.17, 15) is 5.11 Å². The number of benzene rings is 3. The third-order valence-corrected chi connectivity index (χ3v) is 3.30. The Hall–Kier alpha value is -2.74. The average molecular weight is 276 g/mol. The molecule has 0 aliphatic carbocycles. The van der Waals surface area contributed by atoms with Gasteiger partial charge in [0.05, 0.1) is 5.56 Å². The Kier molecular flexibility index (Phi) is 3.88. The molecule has 3 aromatic rings. The number of hydrogen-bond donors (Lipinski definition) is 1. The van der Waals surface area contributed by atoms with E-state index in [4.69, 9.17) is 4.74 Å². The van der Waals surface area contributed by atoms with E-state index in [0.29, 0.717) is 12.4 Å². The van der Waals surface area contributed by atoms with E-state index in [1.165, 1.54) is 0 Å². The summed E-state index contributed by atoms with van der Waals surface area (Å²) >= 11 is 0. The van der Waals surface area contributed by atoms with Crippen LogP contribution < -0.4 is 4.74 Å². The zero-order chi connectivity index (χ0) is 14.5. The second-order valence-electron chi connectivity index (χ2n) is 4.79. The van der Waals surface area contributed by atoms with Crippen LogP contribution in [0.5, 0.6) is 11.5 Å². The van der Waals surface area contributed by atoms with Crippen LogP contribution in [-0.4, -0.2) is 5.11 Å². The molecule has 3 aromatic carbocycles. The third kappa shape index (κ3) is 3.06. The van der Waals surface area contributed by atoms with Gasteiger partial charge in [0.2, 0.25) is 0 Å². The van der Waals surface area contributed by atoms with Gasteiger partial charge < -0.3 is 9.84 Å². The zero-order valence-electron chi connectivity index (χ0n) is 11.6. The number of phenols is 1. The van der Waals surface area contributed by atoms with Gasteiger partial charge in [0.25, 0.3) is 0 Å². The molecule has 0 atom stereocenters. The molecule has 0 radical (unpaired) electrons. The molecule has 0 fully saturated rings. The molecule has 0 aliphatic rings. The van der Waals surface area contributed by atoms with Crippen LogP contribution in [-0.2, 0) is 6.61 Å². The summed E-state index contributed by atoms with van der Waals surface area (Å²) in [7, 11) is 0. The molecule has 21 heavy (non-hydrogen) atoms. The fraction of sp³-hybridized carbons (Fsp3) is 0.0526. The topological polar surface area (TPSA) is 29.5 Å². The molecular weight excluding hydrogens is 260 g/mol. The van der Waals surface area contributed by atoms with Crippen LogP contribution in [0.2, 0.25) is 0 Å². The van der Waals surface area contributed by atoms with Gasteiger partial charge in [-0.25, -0.2) is 0 Å². The molecule has 1 N–H and O–H groups in total. The van der Waals surface area contributed by atoms with Crippen LogP contribution in [0.1, 0.15) is 5.56 Å². The molecule has 0 saturated carbocycles. The number of ether oxygens (including phenoxy) is 1. The fourth-order valence-corrected chi connectivity index (χ4v) is 2.27. The molecule has 0 unspecified atom stereocenters. The zero-order valence-corrected chi connectivity index (χ0v) is 11.6. The van der Waals surface area contributed by atoms with E-state index >= 15 is 0 Å². The van der Waals surface area contributed by atoms with E-state index in [1.54, 1.807) is 12.1 Å². The Balaban J connectivity index is 1.91. The minimum absolute atomic E-state index is 0.228. The van der Waals surface area contributed by atoms with E-state index in [-0.39, 0.29) is 5.75 Å². The Morgan fingerprint density at radius 1 is 0.714 bits per heavy atom. The van der Waals surface area contributed by atoms with Gasteiger partial charge in [-0.3, -0.25) is 0 Å². The lowest BCUT2D eigenvalue weighted by atomic mass is 10.0. The maximum atomic E-state index is 10.2. The van der Waals surface area contributed by atoms with Crippen LogP contribution in [0.25, 0.3) is 11.1 Å². The molecule has 3 rings (SSSR count). The molecule has 0 aromatic heterocycles. The first-order chi connectivity index (χ1) is 10.3. The van der Waals surface area contributed by atoms with Gasteiger partial charge >= 0.3 is 0 Å². The number of phenolic OH excluding ortho intramolecular Hbond substituents is 1. The van der Waals surface area contributed by atoms with E-state index in [2.05, 4.69) is 0 Å². The Morgan fingerprint density at radius 3 is 2.10 bits per heavy atom. The van der Waals surface area contributed by atoms with Gasteiger partial charge in [-0.1, -0.05) is 66.7 Å². The Labute approximate surface area is 124 Å². The van der Waals surface area contributed by atoms with Crippen molar-refractivity contribution in [3.05, 3.63) is 84.4 Å². The second-order valence-corrected chi connectivity index (χ2v) is 4.79.